The summed E-state index contributed by atoms with van der Waals surface area (Å²) in [7, 11) is 1.33. The van der Waals surface area contributed by atoms with Gasteiger partial charge in [-0.15, -0.1) is 0 Å². The van der Waals surface area contributed by atoms with Crippen LogP contribution in [-0.2, 0) is 4.74 Å². The number of hydrogen-bond acceptors (Lipinski definition) is 3. The summed E-state index contributed by atoms with van der Waals surface area (Å²) in [5.41, 5.74) is 3.25. The molecule has 0 radical (unpaired) electrons. The van der Waals surface area contributed by atoms with E-state index in [0.717, 1.165) is 17.3 Å². The van der Waals surface area contributed by atoms with Gasteiger partial charge in [0.25, 0.3) is 0 Å². The lowest BCUT2D eigenvalue weighted by Crippen LogP contribution is -2.26. The number of ether oxygens (including phenoxy) is 1. The first-order valence-corrected chi connectivity index (χ1v) is 5.73. The van der Waals surface area contributed by atoms with Gasteiger partial charge >= 0.3 is 5.97 Å². The van der Waals surface area contributed by atoms with Crippen LogP contribution in [0.15, 0.2) is 16.7 Å². The summed E-state index contributed by atoms with van der Waals surface area (Å²) >= 11 is 3.28. The number of esters is 1. The van der Waals surface area contributed by atoms with Crippen LogP contribution in [0.2, 0.25) is 0 Å². The molecule has 0 aliphatic heterocycles. The van der Waals surface area contributed by atoms with Gasteiger partial charge in [0.2, 0.25) is 0 Å². The molecule has 86 valence electrons. The van der Waals surface area contributed by atoms with Gasteiger partial charge < -0.3 is 4.74 Å². The van der Waals surface area contributed by atoms with Gasteiger partial charge in [-0.1, -0.05) is 0 Å². The Kier molecular flexibility index (Phi) is 3.00. The molecule has 0 atom stereocenters. The van der Waals surface area contributed by atoms with E-state index in [0.29, 0.717) is 17.4 Å². The molecule has 6 heteroatoms. The van der Waals surface area contributed by atoms with Crippen LogP contribution < -0.4 is 5.43 Å². The molecule has 1 aliphatic carbocycles. The van der Waals surface area contributed by atoms with Crippen molar-refractivity contribution >= 4 is 27.7 Å². The monoisotopic (exact) mass is 285 g/mol. The van der Waals surface area contributed by atoms with Gasteiger partial charge in [-0.25, -0.2) is 4.79 Å². The molecule has 2 N–H and O–H groups in total. The van der Waals surface area contributed by atoms with Crippen molar-refractivity contribution in [3.63, 3.8) is 0 Å². The second-order valence-corrected chi connectivity index (χ2v) is 4.62. The smallest absolute Gasteiger partial charge is 0.356 e. The van der Waals surface area contributed by atoms with Crippen molar-refractivity contribution in [3.05, 3.63) is 22.4 Å². The number of methoxy groups -OCH3 is 1. The summed E-state index contributed by atoms with van der Waals surface area (Å²) in [5, 5.41) is 7.75. The topological polar surface area (TPSA) is 67.1 Å². The van der Waals surface area contributed by atoms with Crippen molar-refractivity contribution < 1.29 is 9.53 Å². The highest BCUT2D eigenvalue weighted by Crippen LogP contribution is 2.29. The highest BCUT2D eigenvalue weighted by molar-refractivity contribution is 9.10. The molecule has 0 unspecified atom stereocenters. The van der Waals surface area contributed by atoms with Crippen LogP contribution in [0.3, 0.4) is 0 Å². The molecule has 0 bridgehead atoms. The second kappa shape index (κ2) is 4.29. The summed E-state index contributed by atoms with van der Waals surface area (Å²) in [6.07, 6.45) is 3.78. The molecule has 5 nitrogen and oxygen atoms in total. The Morgan fingerprint density at radius 2 is 2.38 bits per heavy atom. The largest absolute Gasteiger partial charge is 0.464 e. The number of carbonyl (C=O) groups excluding carboxylic acids is 1. The van der Waals surface area contributed by atoms with Crippen LogP contribution in [0.1, 0.15) is 23.3 Å². The van der Waals surface area contributed by atoms with Crippen LogP contribution in [0.5, 0.6) is 0 Å². The molecule has 16 heavy (non-hydrogen) atoms. The lowest BCUT2D eigenvalue weighted by atomic mass is 10.4. The maximum absolute atomic E-state index is 11.4. The number of carbonyl (C=O) groups is 1. The number of halogens is 1. The van der Waals surface area contributed by atoms with Crippen molar-refractivity contribution in [2.75, 3.05) is 12.5 Å². The maximum atomic E-state index is 11.4. The van der Waals surface area contributed by atoms with E-state index >= 15 is 0 Å². The molecule has 1 aliphatic rings. The minimum absolute atomic E-state index is 0.312. The molecule has 0 saturated heterocycles. The van der Waals surface area contributed by atoms with Crippen molar-refractivity contribution in [3.8, 4) is 0 Å². The molecule has 1 saturated carbocycles. The molecular formula is C10H12BrN3O2. The van der Waals surface area contributed by atoms with Gasteiger partial charge in [0.15, 0.2) is 0 Å². The molecule has 0 spiro atoms. The predicted molar refractivity (Wildman–Crippen MR) is 63.3 cm³/mol. The van der Waals surface area contributed by atoms with Crippen molar-refractivity contribution in [2.45, 2.75) is 12.8 Å². The third-order valence-corrected chi connectivity index (χ3v) is 2.84. The highest BCUT2D eigenvalue weighted by atomic mass is 79.9. The summed E-state index contributed by atoms with van der Waals surface area (Å²) in [5.74, 6) is 0.321. The molecular weight excluding hydrogens is 274 g/mol. The third-order valence-electron chi connectivity index (χ3n) is 2.41. The highest BCUT2D eigenvalue weighted by Gasteiger charge is 2.27. The normalized spacial score (nSPS) is 14.6. The van der Waals surface area contributed by atoms with E-state index in [-0.39, 0.29) is 0 Å². The van der Waals surface area contributed by atoms with Crippen molar-refractivity contribution in [1.29, 1.82) is 5.41 Å². The lowest BCUT2D eigenvalue weighted by Gasteiger charge is -2.10. The first-order chi connectivity index (χ1) is 7.61. The van der Waals surface area contributed by atoms with E-state index in [9.17, 15) is 4.79 Å². The van der Waals surface area contributed by atoms with E-state index in [2.05, 4.69) is 26.1 Å². The fourth-order valence-corrected chi connectivity index (χ4v) is 1.80. The Labute approximate surface area is 101 Å². The molecule has 1 aromatic rings. The van der Waals surface area contributed by atoms with E-state index in [1.54, 1.807) is 12.3 Å². The van der Waals surface area contributed by atoms with E-state index < -0.39 is 5.97 Å². The van der Waals surface area contributed by atoms with Gasteiger partial charge in [0.1, 0.15) is 11.5 Å². The Hall–Kier alpha value is -1.30. The number of amidine groups is 1. The van der Waals surface area contributed by atoms with Gasteiger partial charge in [-0.2, -0.15) is 0 Å². The van der Waals surface area contributed by atoms with Crippen LogP contribution in [0.25, 0.3) is 0 Å². The molecule has 0 amide bonds. The number of nitrogens with zero attached hydrogens (tertiary/aromatic N) is 1. The van der Waals surface area contributed by atoms with Crippen LogP contribution in [-0.4, -0.2) is 23.6 Å². The number of aromatic nitrogens is 1. The minimum Gasteiger partial charge on any atom is -0.464 e. The molecule has 2 rings (SSSR count). The lowest BCUT2D eigenvalue weighted by molar-refractivity contribution is 0.0590. The zero-order valence-corrected chi connectivity index (χ0v) is 10.4. The fraction of sp³-hybridized carbons (Fsp3) is 0.400. The van der Waals surface area contributed by atoms with Crippen molar-refractivity contribution in [1.82, 2.24) is 4.68 Å². The Morgan fingerprint density at radius 1 is 1.69 bits per heavy atom. The van der Waals surface area contributed by atoms with Gasteiger partial charge in [-0.3, -0.25) is 15.5 Å². The fourth-order valence-electron chi connectivity index (χ4n) is 1.38. The summed E-state index contributed by atoms with van der Waals surface area (Å²) in [6, 6.07) is 1.65. The van der Waals surface area contributed by atoms with Gasteiger partial charge in [0.05, 0.1) is 7.11 Å². The predicted octanol–water partition coefficient (Wildman–Crippen LogP) is 1.97. The van der Waals surface area contributed by atoms with Gasteiger partial charge in [0, 0.05) is 16.6 Å². The summed E-state index contributed by atoms with van der Waals surface area (Å²) < 4.78 is 6.93. The standard InChI is InChI=1S/C10H12BrN3O2/c1-16-10(15)8-4-7(11)5-14(8)13-9(12)6-2-3-6/h4-6H,2-3H2,1H3,(H2,12,13). The van der Waals surface area contributed by atoms with E-state index in [4.69, 9.17) is 5.41 Å². The van der Waals surface area contributed by atoms with Crippen LogP contribution in [0, 0.1) is 11.3 Å². The molecule has 1 heterocycles. The van der Waals surface area contributed by atoms with E-state index in [1.165, 1.54) is 11.8 Å². The Morgan fingerprint density at radius 3 is 2.94 bits per heavy atom. The first kappa shape index (κ1) is 11.2. The maximum Gasteiger partial charge on any atom is 0.356 e. The van der Waals surface area contributed by atoms with E-state index in [1.807, 2.05) is 0 Å². The Balaban J connectivity index is 2.18. The average Bonchev–Trinajstić information content (AvgIpc) is 3.03. The number of hydrogen-bond donors (Lipinski definition) is 2. The SMILES string of the molecule is COC(=O)c1cc(Br)cn1NC(=N)C1CC1. The quantitative estimate of drug-likeness (QED) is 0.507. The minimum atomic E-state index is -0.429. The zero-order valence-electron chi connectivity index (χ0n) is 8.79. The molecule has 1 aromatic heterocycles. The van der Waals surface area contributed by atoms with Gasteiger partial charge in [-0.05, 0) is 34.8 Å². The number of nitrogens with one attached hydrogen (secondary N) is 2. The van der Waals surface area contributed by atoms with Crippen LogP contribution >= 0.6 is 15.9 Å². The summed E-state index contributed by atoms with van der Waals surface area (Å²) in [4.78, 5) is 11.4. The van der Waals surface area contributed by atoms with Crippen LogP contribution in [0.4, 0.5) is 0 Å². The second-order valence-electron chi connectivity index (χ2n) is 3.70. The molecule has 1 fully saturated rings. The average molecular weight is 286 g/mol. The van der Waals surface area contributed by atoms with Crippen molar-refractivity contribution in [2.24, 2.45) is 5.92 Å². The third kappa shape index (κ3) is 2.27. The number of rotatable bonds is 3. The summed E-state index contributed by atoms with van der Waals surface area (Å²) in [6.45, 7) is 0. The first-order valence-electron chi connectivity index (χ1n) is 4.93. The molecule has 0 aromatic carbocycles. The Bertz CT molecular complexity index is 437. The zero-order chi connectivity index (χ0) is 11.7.